The first-order chi connectivity index (χ1) is 25.3. The Bertz CT molecular complexity index is 2300. The highest BCUT2D eigenvalue weighted by molar-refractivity contribution is 5.83. The van der Waals surface area contributed by atoms with E-state index in [-0.39, 0.29) is 5.41 Å². The molecule has 7 aromatic carbocycles. The van der Waals surface area contributed by atoms with Gasteiger partial charge in [0.1, 0.15) is 0 Å². The largest absolute Gasteiger partial charge is 0.310 e. The van der Waals surface area contributed by atoms with Crippen LogP contribution in [0.15, 0.2) is 176 Å². The van der Waals surface area contributed by atoms with Crippen LogP contribution < -0.4 is 4.90 Å². The van der Waals surface area contributed by atoms with E-state index in [0.29, 0.717) is 11.8 Å². The fourth-order valence-electron chi connectivity index (χ4n) is 10.0. The van der Waals surface area contributed by atoms with E-state index in [2.05, 4.69) is 181 Å². The summed E-state index contributed by atoms with van der Waals surface area (Å²) in [5.41, 5.74) is 17.3. The average molecular weight is 656 g/mol. The van der Waals surface area contributed by atoms with Gasteiger partial charge in [0.2, 0.25) is 0 Å². The summed E-state index contributed by atoms with van der Waals surface area (Å²) in [6.45, 7) is 0. The van der Waals surface area contributed by atoms with E-state index in [1.807, 2.05) is 0 Å². The van der Waals surface area contributed by atoms with E-state index in [9.17, 15) is 0 Å². The number of anilines is 3. The van der Waals surface area contributed by atoms with Crippen LogP contribution in [0.2, 0.25) is 0 Å². The van der Waals surface area contributed by atoms with Crippen LogP contribution in [0.5, 0.6) is 0 Å². The quantitative estimate of drug-likeness (QED) is 0.172. The predicted octanol–water partition coefficient (Wildman–Crippen LogP) is 13.0. The van der Waals surface area contributed by atoms with Crippen LogP contribution in [0.25, 0.3) is 22.3 Å². The van der Waals surface area contributed by atoms with Crippen molar-refractivity contribution in [3.05, 3.63) is 209 Å². The molecule has 0 heterocycles. The zero-order valence-electron chi connectivity index (χ0n) is 28.9. The molecule has 10 rings (SSSR count). The summed E-state index contributed by atoms with van der Waals surface area (Å²) in [5, 5.41) is 0. The Labute approximate surface area is 301 Å². The number of nitrogens with zero attached hydrogens (tertiary/aromatic N) is 1. The van der Waals surface area contributed by atoms with Crippen molar-refractivity contribution in [1.82, 2.24) is 0 Å². The molecule has 1 fully saturated rings. The molecule has 0 radical (unpaired) electrons. The number of rotatable bonds is 6. The van der Waals surface area contributed by atoms with Gasteiger partial charge in [-0.2, -0.15) is 0 Å². The molecule has 3 aliphatic carbocycles. The molecule has 0 bridgehead atoms. The molecule has 1 nitrogen and oxygen atoms in total. The Balaban J connectivity index is 1.11. The Morgan fingerprint density at radius 3 is 1.78 bits per heavy atom. The van der Waals surface area contributed by atoms with Gasteiger partial charge in [-0.05, 0) is 129 Å². The zero-order valence-corrected chi connectivity index (χ0v) is 28.9. The minimum absolute atomic E-state index is 0.197. The Hall–Kier alpha value is -5.66. The molecule has 51 heavy (non-hydrogen) atoms. The fourth-order valence-corrected chi connectivity index (χ4v) is 10.0. The summed E-state index contributed by atoms with van der Waals surface area (Å²) in [4.78, 5) is 2.45. The van der Waals surface area contributed by atoms with Crippen molar-refractivity contribution in [2.45, 2.75) is 43.4 Å². The molecule has 0 aromatic heterocycles. The van der Waals surface area contributed by atoms with Gasteiger partial charge in [0.15, 0.2) is 0 Å². The predicted molar refractivity (Wildman–Crippen MR) is 212 cm³/mol. The lowest BCUT2D eigenvalue weighted by Crippen LogP contribution is -2.37. The summed E-state index contributed by atoms with van der Waals surface area (Å²) in [6, 6.07) is 66.1. The molecule has 3 aliphatic rings. The summed E-state index contributed by atoms with van der Waals surface area (Å²) in [7, 11) is 0. The molecule has 246 valence electrons. The Morgan fingerprint density at radius 2 is 1.04 bits per heavy atom. The monoisotopic (exact) mass is 655 g/mol. The lowest BCUT2D eigenvalue weighted by atomic mass is 9.61. The third-order valence-electron chi connectivity index (χ3n) is 12.2. The van der Waals surface area contributed by atoms with E-state index >= 15 is 0 Å². The maximum atomic E-state index is 2.55. The third kappa shape index (κ3) is 4.83. The molecular formula is C50H41N. The molecule has 7 aromatic rings. The Kier molecular flexibility index (Phi) is 7.27. The highest BCUT2D eigenvalue weighted by atomic mass is 15.1. The van der Waals surface area contributed by atoms with Gasteiger partial charge in [-0.15, -0.1) is 0 Å². The SMILES string of the molecule is c1ccc(N(c2ccc(-c3ccc4c(c3)-c3ccccc3C4)cc2)c2ccc3c(c2)C(c2ccccc2)(c2ccccc2)C2CCCCC32)cc1. The van der Waals surface area contributed by atoms with Crippen LogP contribution in [0.1, 0.15) is 65.0 Å². The smallest absolute Gasteiger partial charge is 0.0488 e. The number of hydrogen-bond acceptors (Lipinski definition) is 1. The summed E-state index contributed by atoms with van der Waals surface area (Å²) < 4.78 is 0. The second-order valence-electron chi connectivity index (χ2n) is 14.7. The molecule has 2 unspecified atom stereocenters. The molecule has 0 amide bonds. The fraction of sp³-hybridized carbons (Fsp3) is 0.160. The maximum Gasteiger partial charge on any atom is 0.0488 e. The van der Waals surface area contributed by atoms with Gasteiger partial charge in [0, 0.05) is 22.5 Å². The number of hydrogen-bond donors (Lipinski definition) is 0. The van der Waals surface area contributed by atoms with Gasteiger partial charge in [0.05, 0.1) is 0 Å². The molecule has 0 spiro atoms. The number of fused-ring (bicyclic) bond motifs is 6. The van der Waals surface area contributed by atoms with E-state index < -0.39 is 0 Å². The summed E-state index contributed by atoms with van der Waals surface area (Å²) in [5.74, 6) is 1.09. The van der Waals surface area contributed by atoms with Gasteiger partial charge < -0.3 is 4.90 Å². The summed E-state index contributed by atoms with van der Waals surface area (Å²) >= 11 is 0. The maximum absolute atomic E-state index is 2.55. The van der Waals surface area contributed by atoms with Crippen LogP contribution in [0, 0.1) is 5.92 Å². The minimum atomic E-state index is -0.197. The van der Waals surface area contributed by atoms with Gasteiger partial charge in [0.25, 0.3) is 0 Å². The number of para-hydroxylation sites is 1. The van der Waals surface area contributed by atoms with E-state index in [1.165, 1.54) is 92.7 Å². The van der Waals surface area contributed by atoms with Gasteiger partial charge in [-0.1, -0.05) is 146 Å². The van der Waals surface area contributed by atoms with Crippen molar-refractivity contribution < 1.29 is 0 Å². The highest BCUT2D eigenvalue weighted by Crippen LogP contribution is 2.62. The third-order valence-corrected chi connectivity index (χ3v) is 12.2. The van der Waals surface area contributed by atoms with Gasteiger partial charge in [-0.25, -0.2) is 0 Å². The van der Waals surface area contributed by atoms with Crippen LogP contribution in [0.4, 0.5) is 17.1 Å². The number of benzene rings is 7. The zero-order chi connectivity index (χ0) is 33.8. The molecule has 1 heteroatoms. The molecular weight excluding hydrogens is 615 g/mol. The second kappa shape index (κ2) is 12.3. The van der Waals surface area contributed by atoms with E-state index in [0.717, 1.165) is 12.1 Å². The van der Waals surface area contributed by atoms with Crippen molar-refractivity contribution in [1.29, 1.82) is 0 Å². The lowest BCUT2D eigenvalue weighted by molar-refractivity contribution is 0.262. The molecule has 2 atom stereocenters. The first kappa shape index (κ1) is 30.2. The highest BCUT2D eigenvalue weighted by Gasteiger charge is 2.54. The van der Waals surface area contributed by atoms with Crippen molar-refractivity contribution in [2.24, 2.45) is 5.92 Å². The van der Waals surface area contributed by atoms with Crippen molar-refractivity contribution in [3.8, 4) is 22.3 Å². The molecule has 0 aliphatic heterocycles. The standard InChI is InChI=1S/C50H41N/c1-4-15-39(16-5-1)50(40-17-6-2-7-18-40)48-23-13-12-22-45(48)46-31-30-43(34-49(46)50)51(41-19-8-3-9-20-41)42-28-26-35(27-29-42)36-24-25-38-32-37-14-10-11-21-44(37)47(38)33-36/h1-11,14-21,24-31,33-34,45,48H,12-13,22-23,32H2. The van der Waals surface area contributed by atoms with E-state index in [4.69, 9.17) is 0 Å². The van der Waals surface area contributed by atoms with Gasteiger partial charge in [-0.3, -0.25) is 0 Å². The minimum Gasteiger partial charge on any atom is -0.310 e. The van der Waals surface area contributed by atoms with Crippen LogP contribution >= 0.6 is 0 Å². The first-order valence-corrected chi connectivity index (χ1v) is 18.7. The summed E-state index contributed by atoms with van der Waals surface area (Å²) in [6.07, 6.45) is 6.13. The van der Waals surface area contributed by atoms with Crippen LogP contribution in [-0.2, 0) is 11.8 Å². The van der Waals surface area contributed by atoms with Gasteiger partial charge >= 0.3 is 0 Å². The lowest BCUT2D eigenvalue weighted by Gasteiger charge is -2.42. The van der Waals surface area contributed by atoms with Crippen molar-refractivity contribution >= 4 is 17.1 Å². The first-order valence-electron chi connectivity index (χ1n) is 18.7. The molecule has 0 saturated heterocycles. The Morgan fingerprint density at radius 1 is 0.451 bits per heavy atom. The van der Waals surface area contributed by atoms with Crippen molar-refractivity contribution in [2.75, 3.05) is 4.90 Å². The average Bonchev–Trinajstić information content (AvgIpc) is 3.73. The molecule has 0 N–H and O–H groups in total. The van der Waals surface area contributed by atoms with Crippen molar-refractivity contribution in [3.63, 3.8) is 0 Å². The molecule has 1 saturated carbocycles. The second-order valence-corrected chi connectivity index (χ2v) is 14.7. The normalized spacial score (nSPS) is 18.0. The van der Waals surface area contributed by atoms with Crippen LogP contribution in [0.3, 0.4) is 0 Å². The van der Waals surface area contributed by atoms with E-state index in [1.54, 1.807) is 0 Å². The topological polar surface area (TPSA) is 3.24 Å². The van der Waals surface area contributed by atoms with Crippen LogP contribution in [-0.4, -0.2) is 0 Å².